The van der Waals surface area contributed by atoms with Crippen molar-refractivity contribution in [3.05, 3.63) is 100 Å². The van der Waals surface area contributed by atoms with Crippen LogP contribution < -0.4 is 5.73 Å². The van der Waals surface area contributed by atoms with Gasteiger partial charge in [0.1, 0.15) is 17.6 Å². The second-order valence-corrected chi connectivity index (χ2v) is 12.2. The van der Waals surface area contributed by atoms with Crippen molar-refractivity contribution in [2.45, 2.75) is 82.5 Å². The lowest BCUT2D eigenvalue weighted by atomic mass is 9.63. The molecule has 0 fully saturated rings. The maximum atomic E-state index is 13.7. The number of alkyl halides is 3. The Morgan fingerprint density at radius 1 is 0.950 bits per heavy atom. The number of halogens is 4. The van der Waals surface area contributed by atoms with Crippen molar-refractivity contribution in [2.24, 2.45) is 5.73 Å². The molecule has 2 aromatic carbocycles. The maximum Gasteiger partial charge on any atom is 0.433 e. The fraction of sp³-hybridized carbons (Fsp3) is 0.438. The molecular formula is C32H37F4N3O. The number of hydrogen-bond acceptors (Lipinski definition) is 3. The molecule has 1 aliphatic carbocycles. The zero-order valence-electron chi connectivity index (χ0n) is 23.6. The molecule has 4 rings (SSSR count). The molecule has 1 aliphatic rings. The van der Waals surface area contributed by atoms with Gasteiger partial charge in [-0.15, -0.1) is 0 Å². The van der Waals surface area contributed by atoms with E-state index in [0.29, 0.717) is 24.0 Å². The van der Waals surface area contributed by atoms with E-state index in [1.54, 1.807) is 12.1 Å². The van der Waals surface area contributed by atoms with E-state index >= 15 is 0 Å². The average molecular weight is 556 g/mol. The van der Waals surface area contributed by atoms with E-state index in [1.807, 2.05) is 11.9 Å². The van der Waals surface area contributed by atoms with Crippen LogP contribution in [0.15, 0.2) is 60.8 Å². The maximum absolute atomic E-state index is 13.7. The van der Waals surface area contributed by atoms with E-state index in [-0.39, 0.29) is 16.9 Å². The molecule has 2 N–H and O–H groups in total. The largest absolute Gasteiger partial charge is 0.433 e. The van der Waals surface area contributed by atoms with Crippen molar-refractivity contribution in [1.29, 1.82) is 0 Å². The van der Waals surface area contributed by atoms with Crippen LogP contribution in [0.1, 0.15) is 92.6 Å². The van der Waals surface area contributed by atoms with Crippen molar-refractivity contribution in [2.75, 3.05) is 7.05 Å². The number of pyridine rings is 1. The predicted molar refractivity (Wildman–Crippen MR) is 148 cm³/mol. The molecule has 0 radical (unpaired) electrons. The number of carbonyl (C=O) groups is 1. The summed E-state index contributed by atoms with van der Waals surface area (Å²) >= 11 is 0. The molecule has 1 heterocycles. The van der Waals surface area contributed by atoms with Crippen molar-refractivity contribution < 1.29 is 22.4 Å². The number of rotatable bonds is 8. The second-order valence-electron chi connectivity index (χ2n) is 12.2. The number of aryl methyl sites for hydroxylation is 1. The number of nitrogens with zero attached hydrogens (tertiary/aromatic N) is 2. The lowest BCUT2D eigenvalue weighted by Crippen LogP contribution is -2.38. The van der Waals surface area contributed by atoms with E-state index in [4.69, 9.17) is 5.73 Å². The molecule has 40 heavy (non-hydrogen) atoms. The number of likely N-dealkylation sites (N-methyl/N-ethyl adjacent to an activating group) is 1. The minimum atomic E-state index is -4.51. The number of carbonyl (C=O) groups excluding carboxylic acids is 1. The summed E-state index contributed by atoms with van der Waals surface area (Å²) in [5.74, 6) is -0.991. The van der Waals surface area contributed by atoms with Crippen LogP contribution in [-0.2, 0) is 28.2 Å². The topological polar surface area (TPSA) is 59.2 Å². The van der Waals surface area contributed by atoms with Crippen LogP contribution in [-0.4, -0.2) is 22.8 Å². The van der Waals surface area contributed by atoms with Crippen LogP contribution in [0.2, 0.25) is 0 Å². The Hall–Kier alpha value is -3.26. The van der Waals surface area contributed by atoms with Gasteiger partial charge in [0.05, 0.1) is 0 Å². The van der Waals surface area contributed by atoms with Gasteiger partial charge in [0.25, 0.3) is 0 Å². The molecule has 0 spiro atoms. The van der Waals surface area contributed by atoms with Gasteiger partial charge in [0.15, 0.2) is 0 Å². The third kappa shape index (κ3) is 6.22. The van der Waals surface area contributed by atoms with Crippen molar-refractivity contribution in [1.82, 2.24) is 9.88 Å². The van der Waals surface area contributed by atoms with Gasteiger partial charge in [-0.2, -0.15) is 13.2 Å². The second kappa shape index (κ2) is 11.0. The fourth-order valence-corrected chi connectivity index (χ4v) is 5.89. The predicted octanol–water partition coefficient (Wildman–Crippen LogP) is 7.42. The zero-order valence-corrected chi connectivity index (χ0v) is 23.6. The number of primary amides is 1. The number of fused-ring (bicyclic) bond motifs is 1. The van der Waals surface area contributed by atoms with Crippen LogP contribution in [0.25, 0.3) is 0 Å². The Morgan fingerprint density at radius 3 is 2.10 bits per heavy atom. The van der Waals surface area contributed by atoms with Crippen LogP contribution in [0.5, 0.6) is 0 Å². The Balaban J connectivity index is 1.74. The summed E-state index contributed by atoms with van der Waals surface area (Å²) in [6, 6.07) is 13.4. The number of amides is 1. The third-order valence-corrected chi connectivity index (χ3v) is 8.44. The summed E-state index contributed by atoms with van der Waals surface area (Å²) in [5.41, 5.74) is 9.70. The SMILES string of the molecule is CN(C(CCc1ccc(C(F)(F)F)nc1)c1ccc2c(c1)C(C)(C)CCC2(C)C)C(C(N)=O)c1ccc(F)cc1. The van der Waals surface area contributed by atoms with Gasteiger partial charge in [0, 0.05) is 12.2 Å². The molecule has 0 saturated heterocycles. The van der Waals surface area contributed by atoms with Gasteiger partial charge in [-0.25, -0.2) is 4.39 Å². The Bertz CT molecular complexity index is 1350. The quantitative estimate of drug-likeness (QED) is 0.294. The number of nitrogens with two attached hydrogens (primary N) is 1. The van der Waals surface area contributed by atoms with Crippen molar-refractivity contribution in [3.63, 3.8) is 0 Å². The summed E-state index contributed by atoms with van der Waals surface area (Å²) in [6.45, 7) is 8.98. The Kier molecular flexibility index (Phi) is 8.14. The molecule has 0 saturated carbocycles. The number of hydrogen-bond donors (Lipinski definition) is 1. The molecule has 3 aromatic rings. The number of benzene rings is 2. The Morgan fingerprint density at radius 2 is 1.55 bits per heavy atom. The van der Waals surface area contributed by atoms with E-state index in [9.17, 15) is 22.4 Å². The molecule has 2 atom stereocenters. The standard InChI is InChI=1S/C32H37F4N3O/c1-30(2)16-17-31(3,4)25-18-22(10-13-24(25)30)26(14-6-20-7-15-27(38-19-20)32(34,35)36)39(5)28(29(37)40)21-8-11-23(33)12-9-21/h7-13,15,18-19,26,28H,6,14,16-17H2,1-5H3,(H2,37,40). The molecule has 0 bridgehead atoms. The van der Waals surface area contributed by atoms with Gasteiger partial charge in [-0.1, -0.05) is 64.1 Å². The average Bonchev–Trinajstić information content (AvgIpc) is 2.88. The van der Waals surface area contributed by atoms with Crippen molar-refractivity contribution >= 4 is 5.91 Å². The van der Waals surface area contributed by atoms with Gasteiger partial charge in [0.2, 0.25) is 5.91 Å². The molecule has 0 aliphatic heterocycles. The van der Waals surface area contributed by atoms with Crippen LogP contribution in [0, 0.1) is 5.82 Å². The first-order valence-electron chi connectivity index (χ1n) is 13.5. The molecule has 8 heteroatoms. The first-order chi connectivity index (χ1) is 18.6. The highest BCUT2D eigenvalue weighted by Gasteiger charge is 2.38. The Labute approximate surface area is 233 Å². The zero-order chi connectivity index (χ0) is 29.5. The fourth-order valence-electron chi connectivity index (χ4n) is 5.89. The summed E-state index contributed by atoms with van der Waals surface area (Å²) in [7, 11) is 1.81. The van der Waals surface area contributed by atoms with Gasteiger partial charge < -0.3 is 5.73 Å². The summed E-state index contributed by atoms with van der Waals surface area (Å²) in [4.78, 5) is 18.3. The monoisotopic (exact) mass is 555 g/mol. The van der Waals surface area contributed by atoms with E-state index < -0.39 is 29.6 Å². The third-order valence-electron chi connectivity index (χ3n) is 8.44. The van der Waals surface area contributed by atoms with Gasteiger partial charge >= 0.3 is 6.18 Å². The molecule has 214 valence electrons. The highest BCUT2D eigenvalue weighted by molar-refractivity contribution is 5.81. The van der Waals surface area contributed by atoms with E-state index in [0.717, 1.165) is 24.5 Å². The molecule has 1 amide bonds. The molecule has 1 aromatic heterocycles. The molecule has 4 nitrogen and oxygen atoms in total. The summed E-state index contributed by atoms with van der Waals surface area (Å²) < 4.78 is 52.8. The van der Waals surface area contributed by atoms with E-state index in [2.05, 4.69) is 50.9 Å². The van der Waals surface area contributed by atoms with Gasteiger partial charge in [-0.05, 0) is 89.6 Å². The van der Waals surface area contributed by atoms with Crippen LogP contribution in [0.3, 0.4) is 0 Å². The lowest BCUT2D eigenvalue weighted by Gasteiger charge is -2.43. The van der Waals surface area contributed by atoms with Gasteiger partial charge in [-0.3, -0.25) is 14.7 Å². The smallest absolute Gasteiger partial charge is 0.368 e. The first kappa shape index (κ1) is 29.7. The van der Waals surface area contributed by atoms with Crippen molar-refractivity contribution in [3.8, 4) is 0 Å². The highest BCUT2D eigenvalue weighted by atomic mass is 19.4. The van der Waals surface area contributed by atoms with Crippen LogP contribution in [0.4, 0.5) is 17.6 Å². The number of aromatic nitrogens is 1. The first-order valence-corrected chi connectivity index (χ1v) is 13.5. The molecule has 2 unspecified atom stereocenters. The van der Waals surface area contributed by atoms with Crippen LogP contribution >= 0.6 is 0 Å². The van der Waals surface area contributed by atoms with E-state index in [1.165, 1.54) is 35.5 Å². The summed E-state index contributed by atoms with van der Waals surface area (Å²) in [6.07, 6.45) is -0.213. The lowest BCUT2D eigenvalue weighted by molar-refractivity contribution is -0.141. The minimum absolute atomic E-state index is 0.0283. The normalized spacial score (nSPS) is 17.8. The highest BCUT2D eigenvalue weighted by Crippen LogP contribution is 2.47. The minimum Gasteiger partial charge on any atom is -0.368 e. The molecular weight excluding hydrogens is 518 g/mol. The summed E-state index contributed by atoms with van der Waals surface area (Å²) in [5, 5.41) is 0.